The van der Waals surface area contributed by atoms with E-state index in [2.05, 4.69) is 11.8 Å². The normalized spacial score (nSPS) is 21.0. The zero-order valence-electron chi connectivity index (χ0n) is 12.9. The molecule has 0 saturated carbocycles. The fraction of sp³-hybridized carbons (Fsp3) is 0.588. The molecule has 0 aliphatic carbocycles. The zero-order valence-corrected chi connectivity index (χ0v) is 12.9. The molecular formula is C17H25NO3. The minimum Gasteiger partial charge on any atom is -0.491 e. The van der Waals surface area contributed by atoms with Gasteiger partial charge in [0.25, 0.3) is 0 Å². The van der Waals surface area contributed by atoms with Crippen molar-refractivity contribution < 1.29 is 14.6 Å². The van der Waals surface area contributed by atoms with Crippen LogP contribution in [0.15, 0.2) is 24.3 Å². The van der Waals surface area contributed by atoms with Crippen LogP contribution in [0.5, 0.6) is 5.75 Å². The van der Waals surface area contributed by atoms with E-state index in [-0.39, 0.29) is 12.4 Å². The van der Waals surface area contributed by atoms with E-state index in [9.17, 15) is 9.90 Å². The number of likely N-dealkylation sites (tertiary alicyclic amines) is 1. The molecule has 116 valence electrons. The summed E-state index contributed by atoms with van der Waals surface area (Å²) in [5.41, 5.74) is 0.671. The molecule has 1 aromatic carbocycles. The molecule has 1 saturated heterocycles. The van der Waals surface area contributed by atoms with Gasteiger partial charge in [-0.2, -0.15) is 0 Å². The van der Waals surface area contributed by atoms with Gasteiger partial charge < -0.3 is 14.7 Å². The number of aliphatic hydroxyl groups excluding tert-OH is 1. The first-order chi connectivity index (χ1) is 10.0. The predicted octanol–water partition coefficient (Wildman–Crippen LogP) is 2.36. The van der Waals surface area contributed by atoms with E-state index in [1.807, 2.05) is 0 Å². The molecule has 0 amide bonds. The van der Waals surface area contributed by atoms with Crippen LogP contribution < -0.4 is 4.74 Å². The summed E-state index contributed by atoms with van der Waals surface area (Å²) in [6, 6.07) is 7.03. The number of piperidine rings is 1. The Morgan fingerprint density at radius 2 is 2.14 bits per heavy atom. The third kappa shape index (κ3) is 5.14. The number of hydrogen-bond donors (Lipinski definition) is 1. The maximum absolute atomic E-state index is 11.2. The number of ether oxygens (including phenoxy) is 1. The molecule has 4 heteroatoms. The summed E-state index contributed by atoms with van der Waals surface area (Å²) < 4.78 is 5.58. The standard InChI is InChI=1S/C17H25NO3/c1-13-4-3-9-18(10-13)11-16(20)12-21-17-7-5-15(6-8-17)14(2)19/h5-8,13,16,20H,3-4,9-12H2,1-2H3/t13-,16-/m1/s1. The lowest BCUT2D eigenvalue weighted by atomic mass is 10.0. The maximum Gasteiger partial charge on any atom is 0.159 e. The number of Topliss-reactive ketones (excluding diaryl/α,β-unsaturated/α-hetero) is 1. The number of aliphatic hydroxyl groups is 1. The van der Waals surface area contributed by atoms with Crippen LogP contribution in [0.25, 0.3) is 0 Å². The number of β-amino-alcohol motifs (C(OH)–C–C–N with tert-alkyl or cyclic N) is 1. The number of benzene rings is 1. The lowest BCUT2D eigenvalue weighted by Gasteiger charge is -2.32. The van der Waals surface area contributed by atoms with E-state index in [0.717, 1.165) is 13.1 Å². The molecule has 1 heterocycles. The lowest BCUT2D eigenvalue weighted by molar-refractivity contribution is 0.0537. The van der Waals surface area contributed by atoms with Crippen molar-refractivity contribution in [1.82, 2.24) is 4.90 Å². The Morgan fingerprint density at radius 1 is 1.43 bits per heavy atom. The summed E-state index contributed by atoms with van der Waals surface area (Å²) >= 11 is 0. The second kappa shape index (κ2) is 7.57. The number of hydrogen-bond acceptors (Lipinski definition) is 4. The van der Waals surface area contributed by atoms with E-state index in [4.69, 9.17) is 4.74 Å². The van der Waals surface area contributed by atoms with Crippen LogP contribution in [0.4, 0.5) is 0 Å². The van der Waals surface area contributed by atoms with Crippen LogP contribution in [0.2, 0.25) is 0 Å². The van der Waals surface area contributed by atoms with E-state index in [0.29, 0.717) is 23.8 Å². The van der Waals surface area contributed by atoms with Crippen molar-refractivity contribution in [3.05, 3.63) is 29.8 Å². The summed E-state index contributed by atoms with van der Waals surface area (Å²) in [5.74, 6) is 1.44. The molecule has 0 bridgehead atoms. The highest BCUT2D eigenvalue weighted by Crippen LogP contribution is 2.16. The molecule has 0 aromatic heterocycles. The first kappa shape index (κ1) is 16.0. The average molecular weight is 291 g/mol. The minimum absolute atomic E-state index is 0.0424. The van der Waals surface area contributed by atoms with Gasteiger partial charge in [0, 0.05) is 18.7 Å². The Morgan fingerprint density at radius 3 is 2.76 bits per heavy atom. The second-order valence-electron chi connectivity index (χ2n) is 6.05. The van der Waals surface area contributed by atoms with Crippen molar-refractivity contribution in [2.24, 2.45) is 5.92 Å². The van der Waals surface area contributed by atoms with Crippen LogP contribution in [-0.2, 0) is 0 Å². The van der Waals surface area contributed by atoms with Crippen molar-refractivity contribution in [1.29, 1.82) is 0 Å². The van der Waals surface area contributed by atoms with Gasteiger partial charge in [-0.15, -0.1) is 0 Å². The Hall–Kier alpha value is -1.39. The fourth-order valence-corrected chi connectivity index (χ4v) is 2.78. The number of nitrogens with zero attached hydrogens (tertiary/aromatic N) is 1. The molecule has 2 atom stereocenters. The number of carbonyl (C=O) groups excluding carboxylic acids is 1. The van der Waals surface area contributed by atoms with Crippen molar-refractivity contribution >= 4 is 5.78 Å². The van der Waals surface area contributed by atoms with Gasteiger partial charge in [0.1, 0.15) is 18.5 Å². The number of rotatable bonds is 6. The summed E-state index contributed by atoms with van der Waals surface area (Å²) in [5, 5.41) is 10.1. The van der Waals surface area contributed by atoms with Crippen molar-refractivity contribution in [2.75, 3.05) is 26.2 Å². The first-order valence-electron chi connectivity index (χ1n) is 7.69. The molecule has 0 spiro atoms. The van der Waals surface area contributed by atoms with E-state index >= 15 is 0 Å². The number of ketones is 1. The highest BCUT2D eigenvalue weighted by Gasteiger charge is 2.19. The largest absolute Gasteiger partial charge is 0.491 e. The number of carbonyl (C=O) groups is 1. The molecule has 0 unspecified atom stereocenters. The SMILES string of the molecule is CC(=O)c1ccc(OC[C@H](O)CN2CCC[C@@H](C)C2)cc1. The van der Waals surface area contributed by atoms with Crippen molar-refractivity contribution in [2.45, 2.75) is 32.8 Å². The highest BCUT2D eigenvalue weighted by molar-refractivity contribution is 5.94. The van der Waals surface area contributed by atoms with Gasteiger partial charge in [0.15, 0.2) is 5.78 Å². The summed E-state index contributed by atoms with van der Waals surface area (Å²) in [7, 11) is 0. The Bertz CT molecular complexity index is 458. The predicted molar refractivity (Wildman–Crippen MR) is 82.8 cm³/mol. The third-order valence-corrected chi connectivity index (χ3v) is 3.91. The molecule has 4 nitrogen and oxygen atoms in total. The van der Waals surface area contributed by atoms with Gasteiger partial charge in [-0.25, -0.2) is 0 Å². The zero-order chi connectivity index (χ0) is 15.2. The molecule has 1 aromatic rings. The Labute approximate surface area is 126 Å². The molecule has 1 N–H and O–H groups in total. The van der Waals surface area contributed by atoms with Gasteiger partial charge in [0.2, 0.25) is 0 Å². The van der Waals surface area contributed by atoms with Crippen LogP contribution >= 0.6 is 0 Å². The van der Waals surface area contributed by atoms with Gasteiger partial charge in [-0.05, 0) is 56.5 Å². The van der Waals surface area contributed by atoms with Crippen LogP contribution in [-0.4, -0.2) is 48.1 Å². The monoisotopic (exact) mass is 291 g/mol. The highest BCUT2D eigenvalue weighted by atomic mass is 16.5. The average Bonchev–Trinajstić information content (AvgIpc) is 2.45. The van der Waals surface area contributed by atoms with E-state index < -0.39 is 6.10 Å². The van der Waals surface area contributed by atoms with Gasteiger partial charge in [-0.3, -0.25) is 4.79 Å². The Balaban J connectivity index is 1.75. The fourth-order valence-electron chi connectivity index (χ4n) is 2.78. The maximum atomic E-state index is 11.2. The molecule has 21 heavy (non-hydrogen) atoms. The molecular weight excluding hydrogens is 266 g/mol. The molecule has 1 aliphatic heterocycles. The Kier molecular flexibility index (Phi) is 5.76. The van der Waals surface area contributed by atoms with Crippen molar-refractivity contribution in [3.63, 3.8) is 0 Å². The lowest BCUT2D eigenvalue weighted by Crippen LogP contribution is -2.41. The van der Waals surface area contributed by atoms with Gasteiger partial charge in [0.05, 0.1) is 0 Å². The minimum atomic E-state index is -0.484. The summed E-state index contributed by atoms with van der Waals surface area (Å²) in [6.45, 7) is 6.87. The van der Waals surface area contributed by atoms with Crippen LogP contribution in [0, 0.1) is 5.92 Å². The molecule has 1 fully saturated rings. The summed E-state index contributed by atoms with van der Waals surface area (Å²) in [4.78, 5) is 13.5. The molecule has 1 aliphatic rings. The first-order valence-corrected chi connectivity index (χ1v) is 7.69. The third-order valence-electron chi connectivity index (χ3n) is 3.91. The second-order valence-corrected chi connectivity index (χ2v) is 6.05. The van der Waals surface area contributed by atoms with E-state index in [1.54, 1.807) is 31.2 Å². The van der Waals surface area contributed by atoms with E-state index in [1.165, 1.54) is 12.8 Å². The smallest absolute Gasteiger partial charge is 0.159 e. The molecule has 0 radical (unpaired) electrons. The van der Waals surface area contributed by atoms with Crippen molar-refractivity contribution in [3.8, 4) is 5.75 Å². The van der Waals surface area contributed by atoms with Crippen LogP contribution in [0.3, 0.4) is 0 Å². The molecule has 2 rings (SSSR count). The van der Waals surface area contributed by atoms with Gasteiger partial charge >= 0.3 is 0 Å². The summed E-state index contributed by atoms with van der Waals surface area (Å²) in [6.07, 6.45) is 2.01. The quantitative estimate of drug-likeness (QED) is 0.818. The topological polar surface area (TPSA) is 49.8 Å². The van der Waals surface area contributed by atoms with Crippen LogP contribution in [0.1, 0.15) is 37.0 Å². The van der Waals surface area contributed by atoms with Gasteiger partial charge in [-0.1, -0.05) is 6.92 Å².